The molecule has 30 heavy (non-hydrogen) atoms. The maximum absolute atomic E-state index is 12.3. The number of carbonyl (C=O) groups is 3. The van der Waals surface area contributed by atoms with Gasteiger partial charge in [-0.3, -0.25) is 14.4 Å². The molecule has 2 aromatic carbocycles. The lowest BCUT2D eigenvalue weighted by Gasteiger charge is -2.13. The van der Waals surface area contributed by atoms with Crippen LogP contribution >= 0.6 is 0 Å². The van der Waals surface area contributed by atoms with Gasteiger partial charge in [0.2, 0.25) is 5.91 Å². The van der Waals surface area contributed by atoms with Crippen LogP contribution in [0.5, 0.6) is 0 Å². The predicted molar refractivity (Wildman–Crippen MR) is 120 cm³/mol. The summed E-state index contributed by atoms with van der Waals surface area (Å²) < 4.78 is 0. The number of anilines is 2. The van der Waals surface area contributed by atoms with E-state index in [1.165, 1.54) is 0 Å². The molecule has 0 unspecified atom stereocenters. The van der Waals surface area contributed by atoms with Gasteiger partial charge in [0.15, 0.2) is 0 Å². The zero-order valence-corrected chi connectivity index (χ0v) is 18.3. The molecule has 0 aliphatic rings. The summed E-state index contributed by atoms with van der Waals surface area (Å²) in [5, 5.41) is 9.31. The molecular formula is C23H28N4O3. The first kappa shape index (κ1) is 22.8. The SMILES string of the molecule is C/C(CC(=O)Nc1c(C)cc(C)cc1C)=N\NC(=O)C(=O)Nc1cc(C)ccc1C. The average molecular weight is 409 g/mol. The summed E-state index contributed by atoms with van der Waals surface area (Å²) in [6.45, 7) is 11.2. The fourth-order valence-electron chi connectivity index (χ4n) is 3.08. The molecule has 0 radical (unpaired) electrons. The molecule has 0 aliphatic heterocycles. The van der Waals surface area contributed by atoms with Crippen molar-refractivity contribution in [1.29, 1.82) is 0 Å². The van der Waals surface area contributed by atoms with E-state index in [4.69, 9.17) is 0 Å². The molecular weight excluding hydrogens is 380 g/mol. The molecule has 3 N–H and O–H groups in total. The number of hydrogen-bond acceptors (Lipinski definition) is 4. The molecule has 158 valence electrons. The highest BCUT2D eigenvalue weighted by atomic mass is 16.2. The van der Waals surface area contributed by atoms with Crippen LogP contribution in [0.3, 0.4) is 0 Å². The van der Waals surface area contributed by atoms with Crippen LogP contribution in [-0.2, 0) is 14.4 Å². The number of amides is 3. The minimum Gasteiger partial charge on any atom is -0.325 e. The molecule has 7 nitrogen and oxygen atoms in total. The lowest BCUT2D eigenvalue weighted by atomic mass is 10.0. The third-order valence-corrected chi connectivity index (χ3v) is 4.55. The second kappa shape index (κ2) is 9.82. The largest absolute Gasteiger partial charge is 0.329 e. The first-order valence-electron chi connectivity index (χ1n) is 9.66. The second-order valence-corrected chi connectivity index (χ2v) is 7.56. The van der Waals surface area contributed by atoms with Crippen LogP contribution in [0.1, 0.15) is 41.2 Å². The highest BCUT2D eigenvalue weighted by Crippen LogP contribution is 2.22. The summed E-state index contributed by atoms with van der Waals surface area (Å²) >= 11 is 0. The van der Waals surface area contributed by atoms with Crippen LogP contribution in [-0.4, -0.2) is 23.4 Å². The number of rotatable bonds is 5. The minimum absolute atomic E-state index is 0.00829. The smallest absolute Gasteiger partial charge is 0.325 e. The summed E-state index contributed by atoms with van der Waals surface area (Å²) in [7, 11) is 0. The van der Waals surface area contributed by atoms with E-state index in [1.54, 1.807) is 13.0 Å². The van der Waals surface area contributed by atoms with Crippen molar-refractivity contribution in [1.82, 2.24) is 5.43 Å². The Balaban J connectivity index is 1.92. The van der Waals surface area contributed by atoms with Gasteiger partial charge < -0.3 is 10.6 Å². The van der Waals surface area contributed by atoms with Gasteiger partial charge >= 0.3 is 11.8 Å². The van der Waals surface area contributed by atoms with Gasteiger partial charge in [-0.1, -0.05) is 29.8 Å². The lowest BCUT2D eigenvalue weighted by molar-refractivity contribution is -0.136. The average Bonchev–Trinajstić information content (AvgIpc) is 2.65. The van der Waals surface area contributed by atoms with Crippen LogP contribution in [0.4, 0.5) is 11.4 Å². The van der Waals surface area contributed by atoms with E-state index in [9.17, 15) is 14.4 Å². The highest BCUT2D eigenvalue weighted by Gasteiger charge is 2.15. The van der Waals surface area contributed by atoms with Crippen molar-refractivity contribution in [3.8, 4) is 0 Å². The molecule has 0 aliphatic carbocycles. The van der Waals surface area contributed by atoms with Gasteiger partial charge in [0.25, 0.3) is 0 Å². The lowest BCUT2D eigenvalue weighted by Crippen LogP contribution is -2.33. The molecule has 7 heteroatoms. The van der Waals surface area contributed by atoms with Crippen molar-refractivity contribution in [3.63, 3.8) is 0 Å². The van der Waals surface area contributed by atoms with Gasteiger partial charge in [-0.2, -0.15) is 5.10 Å². The number of aryl methyl sites for hydroxylation is 5. The van der Waals surface area contributed by atoms with Gasteiger partial charge in [0.05, 0.1) is 6.42 Å². The number of benzene rings is 2. The van der Waals surface area contributed by atoms with Gasteiger partial charge in [-0.25, -0.2) is 5.43 Å². The van der Waals surface area contributed by atoms with E-state index >= 15 is 0 Å². The molecule has 0 fully saturated rings. The van der Waals surface area contributed by atoms with Crippen LogP contribution in [0, 0.1) is 34.6 Å². The normalized spacial score (nSPS) is 11.1. The molecule has 2 rings (SSSR count). The number of hydrazone groups is 1. The minimum atomic E-state index is -0.902. The van der Waals surface area contributed by atoms with Crippen LogP contribution < -0.4 is 16.1 Å². The number of hydrogen-bond donors (Lipinski definition) is 3. The first-order chi connectivity index (χ1) is 14.1. The molecule has 0 bridgehead atoms. The van der Waals surface area contributed by atoms with Crippen LogP contribution in [0.15, 0.2) is 35.4 Å². The Morgan fingerprint density at radius 3 is 2.07 bits per heavy atom. The Labute approximate surface area is 177 Å². The van der Waals surface area contributed by atoms with Gasteiger partial charge in [-0.15, -0.1) is 0 Å². The molecule has 0 aromatic heterocycles. The van der Waals surface area contributed by atoms with Crippen molar-refractivity contribution < 1.29 is 14.4 Å². The predicted octanol–water partition coefficient (Wildman–Crippen LogP) is 3.69. The van der Waals surface area contributed by atoms with E-state index in [0.29, 0.717) is 11.4 Å². The van der Waals surface area contributed by atoms with Crippen molar-refractivity contribution in [2.45, 2.75) is 48.0 Å². The maximum atomic E-state index is 12.3. The Bertz CT molecular complexity index is 1000. The monoisotopic (exact) mass is 408 g/mol. The maximum Gasteiger partial charge on any atom is 0.329 e. The topological polar surface area (TPSA) is 99.7 Å². The van der Waals surface area contributed by atoms with Crippen LogP contribution in [0.2, 0.25) is 0 Å². The van der Waals surface area contributed by atoms with Gasteiger partial charge in [0.1, 0.15) is 0 Å². The Kier molecular flexibility index (Phi) is 7.47. The fraction of sp³-hybridized carbons (Fsp3) is 0.304. The van der Waals surface area contributed by atoms with E-state index in [0.717, 1.165) is 33.5 Å². The zero-order valence-electron chi connectivity index (χ0n) is 18.3. The van der Waals surface area contributed by atoms with Crippen LogP contribution in [0.25, 0.3) is 0 Å². The standard InChI is InChI=1S/C23H28N4O3/c1-13-7-8-15(3)19(11-13)24-22(29)23(30)27-26-18(6)12-20(28)25-21-16(4)9-14(2)10-17(21)5/h7-11H,12H2,1-6H3,(H,24,29)(H,25,28)(H,27,30)/b26-18+. The quantitative estimate of drug-likeness (QED) is 0.400. The molecule has 0 atom stereocenters. The van der Waals surface area contributed by atoms with Crippen molar-refractivity contribution in [3.05, 3.63) is 58.1 Å². The Morgan fingerprint density at radius 2 is 1.43 bits per heavy atom. The Morgan fingerprint density at radius 1 is 0.800 bits per heavy atom. The second-order valence-electron chi connectivity index (χ2n) is 7.56. The van der Waals surface area contributed by atoms with Gasteiger partial charge in [-0.05, 0) is 69.9 Å². The number of carbonyl (C=O) groups excluding carboxylic acids is 3. The summed E-state index contributed by atoms with van der Waals surface area (Å²) in [5.41, 5.74) is 8.81. The molecule has 0 saturated heterocycles. The summed E-state index contributed by atoms with van der Waals surface area (Å²) in [6, 6.07) is 9.57. The molecule has 0 spiro atoms. The van der Waals surface area contributed by atoms with E-state index < -0.39 is 11.8 Å². The van der Waals surface area contributed by atoms with Crippen molar-refractivity contribution in [2.24, 2.45) is 5.10 Å². The van der Waals surface area contributed by atoms with E-state index in [1.807, 2.05) is 58.9 Å². The zero-order chi connectivity index (χ0) is 22.4. The fourth-order valence-corrected chi connectivity index (χ4v) is 3.08. The molecule has 3 amide bonds. The summed E-state index contributed by atoms with van der Waals surface area (Å²) in [6.07, 6.45) is -0.00829. The third kappa shape index (κ3) is 6.27. The highest BCUT2D eigenvalue weighted by molar-refractivity contribution is 6.39. The summed E-state index contributed by atoms with van der Waals surface area (Å²) in [4.78, 5) is 36.4. The number of nitrogens with zero attached hydrogens (tertiary/aromatic N) is 1. The molecule has 0 heterocycles. The van der Waals surface area contributed by atoms with Gasteiger partial charge in [0, 0.05) is 17.1 Å². The first-order valence-corrected chi connectivity index (χ1v) is 9.66. The Hall–Kier alpha value is -3.48. The van der Waals surface area contributed by atoms with E-state index in [2.05, 4.69) is 21.2 Å². The molecule has 0 saturated carbocycles. The van der Waals surface area contributed by atoms with E-state index in [-0.39, 0.29) is 12.3 Å². The third-order valence-electron chi connectivity index (χ3n) is 4.55. The number of nitrogens with one attached hydrogen (secondary N) is 3. The van der Waals surface area contributed by atoms with Crippen molar-refractivity contribution in [2.75, 3.05) is 10.6 Å². The summed E-state index contributed by atoms with van der Waals surface area (Å²) in [5.74, 6) is -1.98. The van der Waals surface area contributed by atoms with Crippen molar-refractivity contribution >= 4 is 34.8 Å². The molecule has 2 aromatic rings.